The Morgan fingerprint density at radius 1 is 1.12 bits per heavy atom. The van der Waals surface area contributed by atoms with E-state index in [2.05, 4.69) is 12.2 Å². The van der Waals surface area contributed by atoms with Crippen LogP contribution >= 0.6 is 0 Å². The van der Waals surface area contributed by atoms with Gasteiger partial charge < -0.3 is 10.2 Å². The molecular formula is C20H21FN2O2. The first kappa shape index (κ1) is 17.1. The van der Waals surface area contributed by atoms with Crippen LogP contribution in [0.2, 0.25) is 0 Å². The van der Waals surface area contributed by atoms with Crippen LogP contribution in [0, 0.1) is 11.7 Å². The van der Waals surface area contributed by atoms with Gasteiger partial charge in [-0.1, -0.05) is 31.2 Å². The lowest BCUT2D eigenvalue weighted by Gasteiger charge is -2.16. The fraction of sp³-hybridized carbons (Fsp3) is 0.300. The highest BCUT2D eigenvalue weighted by Gasteiger charge is 2.37. The van der Waals surface area contributed by atoms with Crippen LogP contribution in [-0.2, 0) is 22.6 Å². The van der Waals surface area contributed by atoms with E-state index < -0.39 is 5.92 Å². The smallest absolute Gasteiger partial charge is 0.239 e. The molecule has 1 N–H and O–H groups in total. The van der Waals surface area contributed by atoms with Crippen LogP contribution < -0.4 is 10.2 Å². The number of aryl methyl sites for hydroxylation is 1. The third-order valence-electron chi connectivity index (χ3n) is 4.56. The summed E-state index contributed by atoms with van der Waals surface area (Å²) in [6, 6.07) is 13.8. The summed E-state index contributed by atoms with van der Waals surface area (Å²) in [4.78, 5) is 26.4. The number of benzene rings is 2. The van der Waals surface area contributed by atoms with Crippen LogP contribution in [0.25, 0.3) is 0 Å². The molecule has 1 fully saturated rings. The summed E-state index contributed by atoms with van der Waals surface area (Å²) in [5.74, 6) is -1.52. The van der Waals surface area contributed by atoms with Gasteiger partial charge in [-0.2, -0.15) is 0 Å². The number of carbonyl (C=O) groups excluding carboxylic acids is 2. The lowest BCUT2D eigenvalue weighted by atomic mass is 10.1. The van der Waals surface area contributed by atoms with Gasteiger partial charge in [0.1, 0.15) is 11.7 Å². The summed E-state index contributed by atoms with van der Waals surface area (Å²) in [5.41, 5.74) is 2.87. The second-order valence-corrected chi connectivity index (χ2v) is 6.20. The van der Waals surface area contributed by atoms with E-state index >= 15 is 0 Å². The Balaban J connectivity index is 1.59. The minimum absolute atomic E-state index is 0.231. The molecule has 0 bridgehead atoms. The molecule has 2 aromatic carbocycles. The van der Waals surface area contributed by atoms with Gasteiger partial charge in [-0.15, -0.1) is 0 Å². The van der Waals surface area contributed by atoms with Crippen molar-refractivity contribution in [2.45, 2.75) is 26.3 Å². The third-order valence-corrected chi connectivity index (χ3v) is 4.56. The Morgan fingerprint density at radius 3 is 2.40 bits per heavy atom. The molecule has 1 heterocycles. The fourth-order valence-corrected chi connectivity index (χ4v) is 3.01. The number of carbonyl (C=O) groups is 2. The number of hydrogen-bond acceptors (Lipinski definition) is 2. The average molecular weight is 340 g/mol. The van der Waals surface area contributed by atoms with Gasteiger partial charge in [-0.3, -0.25) is 9.59 Å². The zero-order chi connectivity index (χ0) is 17.8. The van der Waals surface area contributed by atoms with Crippen molar-refractivity contribution < 1.29 is 14.0 Å². The van der Waals surface area contributed by atoms with E-state index in [-0.39, 0.29) is 17.6 Å². The maximum atomic E-state index is 13.0. The number of hydrogen-bond donors (Lipinski definition) is 1. The van der Waals surface area contributed by atoms with E-state index in [0.717, 1.165) is 12.0 Å². The Bertz CT molecular complexity index is 756. The number of nitrogens with zero attached hydrogens (tertiary/aromatic N) is 1. The SMILES string of the molecule is CCc1ccc(CNC(=O)[C@@H]2CCN(c3ccc(F)cc3)C2=O)cc1. The van der Waals surface area contributed by atoms with Gasteiger partial charge in [0, 0.05) is 18.8 Å². The first-order chi connectivity index (χ1) is 12.1. The normalized spacial score (nSPS) is 17.0. The number of rotatable bonds is 5. The van der Waals surface area contributed by atoms with Crippen LogP contribution in [0.15, 0.2) is 48.5 Å². The number of anilines is 1. The molecule has 5 heteroatoms. The van der Waals surface area contributed by atoms with E-state index in [4.69, 9.17) is 0 Å². The molecule has 130 valence electrons. The molecule has 0 aromatic heterocycles. The van der Waals surface area contributed by atoms with Crippen molar-refractivity contribution >= 4 is 17.5 Å². The monoisotopic (exact) mass is 340 g/mol. The average Bonchev–Trinajstić information content (AvgIpc) is 3.02. The number of nitrogens with one attached hydrogen (secondary N) is 1. The minimum Gasteiger partial charge on any atom is -0.351 e. The Labute approximate surface area is 146 Å². The summed E-state index contributed by atoms with van der Waals surface area (Å²) in [6.45, 7) is 2.96. The maximum Gasteiger partial charge on any atom is 0.239 e. The van der Waals surface area contributed by atoms with Gasteiger partial charge >= 0.3 is 0 Å². The second-order valence-electron chi connectivity index (χ2n) is 6.20. The van der Waals surface area contributed by atoms with E-state index in [9.17, 15) is 14.0 Å². The molecule has 2 aromatic rings. The van der Waals surface area contributed by atoms with Gasteiger partial charge in [0.2, 0.25) is 11.8 Å². The van der Waals surface area contributed by atoms with Crippen LogP contribution in [0.4, 0.5) is 10.1 Å². The lowest BCUT2D eigenvalue weighted by molar-refractivity contribution is -0.132. The van der Waals surface area contributed by atoms with Gasteiger partial charge in [-0.25, -0.2) is 4.39 Å². The van der Waals surface area contributed by atoms with Crippen LogP contribution in [0.5, 0.6) is 0 Å². The van der Waals surface area contributed by atoms with Crippen molar-refractivity contribution in [2.75, 3.05) is 11.4 Å². The molecule has 25 heavy (non-hydrogen) atoms. The molecule has 3 rings (SSSR count). The van der Waals surface area contributed by atoms with Crippen LogP contribution in [0.1, 0.15) is 24.5 Å². The fourth-order valence-electron chi connectivity index (χ4n) is 3.01. The summed E-state index contributed by atoms with van der Waals surface area (Å²) < 4.78 is 13.0. The molecule has 0 unspecified atom stereocenters. The first-order valence-electron chi connectivity index (χ1n) is 8.51. The summed E-state index contributed by atoms with van der Waals surface area (Å²) in [7, 11) is 0. The standard InChI is InChI=1S/C20H21FN2O2/c1-2-14-3-5-15(6-4-14)13-22-19(24)18-11-12-23(20(18)25)17-9-7-16(21)8-10-17/h3-10,18H,2,11-13H2,1H3,(H,22,24)/t18-/m0/s1. The van der Waals surface area contributed by atoms with E-state index in [0.29, 0.717) is 25.2 Å². The summed E-state index contributed by atoms with van der Waals surface area (Å²) in [5, 5.41) is 2.84. The molecule has 0 radical (unpaired) electrons. The van der Waals surface area contributed by atoms with Crippen molar-refractivity contribution in [1.29, 1.82) is 0 Å². The van der Waals surface area contributed by atoms with E-state index in [1.54, 1.807) is 17.0 Å². The zero-order valence-electron chi connectivity index (χ0n) is 14.2. The van der Waals surface area contributed by atoms with Crippen molar-refractivity contribution in [3.63, 3.8) is 0 Å². The maximum absolute atomic E-state index is 13.0. The predicted octanol–water partition coefficient (Wildman–Crippen LogP) is 3.06. The lowest BCUT2D eigenvalue weighted by Crippen LogP contribution is -2.36. The molecule has 2 amide bonds. The molecule has 0 saturated carbocycles. The van der Waals surface area contributed by atoms with Gasteiger partial charge in [0.25, 0.3) is 0 Å². The third kappa shape index (κ3) is 3.87. The molecule has 1 aliphatic rings. The molecule has 0 aliphatic carbocycles. The summed E-state index contributed by atoms with van der Waals surface area (Å²) >= 11 is 0. The van der Waals surface area contributed by atoms with Crippen LogP contribution in [-0.4, -0.2) is 18.4 Å². The molecule has 1 saturated heterocycles. The quantitative estimate of drug-likeness (QED) is 0.851. The van der Waals surface area contributed by atoms with Crippen molar-refractivity contribution in [2.24, 2.45) is 5.92 Å². The van der Waals surface area contributed by atoms with Crippen LogP contribution in [0.3, 0.4) is 0 Å². The van der Waals surface area contributed by atoms with Crippen molar-refractivity contribution in [3.8, 4) is 0 Å². The first-order valence-corrected chi connectivity index (χ1v) is 8.51. The Hall–Kier alpha value is -2.69. The Kier molecular flexibility index (Phi) is 5.12. The highest BCUT2D eigenvalue weighted by molar-refractivity contribution is 6.09. The van der Waals surface area contributed by atoms with E-state index in [1.165, 1.54) is 17.7 Å². The zero-order valence-corrected chi connectivity index (χ0v) is 14.2. The number of amides is 2. The highest BCUT2D eigenvalue weighted by atomic mass is 19.1. The van der Waals surface area contributed by atoms with Crippen molar-refractivity contribution in [3.05, 3.63) is 65.5 Å². The van der Waals surface area contributed by atoms with Gasteiger partial charge in [0.05, 0.1) is 0 Å². The van der Waals surface area contributed by atoms with Gasteiger partial charge in [0.15, 0.2) is 0 Å². The molecule has 1 atom stereocenters. The predicted molar refractivity (Wildman–Crippen MR) is 94.5 cm³/mol. The van der Waals surface area contributed by atoms with E-state index in [1.807, 2.05) is 24.3 Å². The molecule has 0 spiro atoms. The summed E-state index contributed by atoms with van der Waals surface area (Å²) in [6.07, 6.45) is 1.44. The largest absolute Gasteiger partial charge is 0.351 e. The second kappa shape index (κ2) is 7.47. The molecule has 1 aliphatic heterocycles. The number of halogens is 1. The minimum atomic E-state index is -0.681. The van der Waals surface area contributed by atoms with Gasteiger partial charge in [-0.05, 0) is 48.2 Å². The molecule has 4 nitrogen and oxygen atoms in total. The Morgan fingerprint density at radius 2 is 1.76 bits per heavy atom. The topological polar surface area (TPSA) is 49.4 Å². The highest BCUT2D eigenvalue weighted by Crippen LogP contribution is 2.25. The van der Waals surface area contributed by atoms with Crippen molar-refractivity contribution in [1.82, 2.24) is 5.32 Å². The molecular weight excluding hydrogens is 319 g/mol.